The van der Waals surface area contributed by atoms with Gasteiger partial charge in [-0.25, -0.2) is 4.39 Å². The minimum absolute atomic E-state index is 0.214. The highest BCUT2D eigenvalue weighted by atomic mass is 19.1. The molecular formula is C7H15FN2. The smallest absolute Gasteiger partial charge is 0.115 e. The monoisotopic (exact) mass is 146 g/mol. The van der Waals surface area contributed by atoms with E-state index in [1.165, 1.54) is 0 Å². The number of nitrogens with two attached hydrogens (primary N) is 1. The molecule has 0 bridgehead atoms. The predicted molar refractivity (Wildman–Crippen MR) is 39.5 cm³/mol. The van der Waals surface area contributed by atoms with E-state index in [1.54, 1.807) is 0 Å². The zero-order chi connectivity index (χ0) is 7.40. The van der Waals surface area contributed by atoms with E-state index >= 15 is 0 Å². The highest BCUT2D eigenvalue weighted by Crippen LogP contribution is 2.18. The Labute approximate surface area is 61.0 Å². The SMILES string of the molecule is NCCC1CCNCC1F. The minimum Gasteiger partial charge on any atom is -0.330 e. The quantitative estimate of drug-likeness (QED) is 0.587. The highest BCUT2D eigenvalue weighted by molar-refractivity contribution is 4.77. The molecule has 0 aromatic rings. The van der Waals surface area contributed by atoms with Gasteiger partial charge < -0.3 is 11.1 Å². The summed E-state index contributed by atoms with van der Waals surface area (Å²) in [5.74, 6) is 0.214. The molecular weight excluding hydrogens is 131 g/mol. The van der Waals surface area contributed by atoms with E-state index in [0.29, 0.717) is 13.1 Å². The molecule has 2 unspecified atom stereocenters. The van der Waals surface area contributed by atoms with Gasteiger partial charge in [0.15, 0.2) is 0 Å². The van der Waals surface area contributed by atoms with Gasteiger partial charge in [0.25, 0.3) is 0 Å². The molecule has 1 fully saturated rings. The Morgan fingerprint density at radius 3 is 3.00 bits per heavy atom. The number of nitrogens with one attached hydrogen (secondary N) is 1. The van der Waals surface area contributed by atoms with Gasteiger partial charge in [-0.3, -0.25) is 0 Å². The van der Waals surface area contributed by atoms with Crippen LogP contribution in [0, 0.1) is 5.92 Å². The summed E-state index contributed by atoms with van der Waals surface area (Å²) in [7, 11) is 0. The second-order valence-electron chi connectivity index (χ2n) is 2.85. The van der Waals surface area contributed by atoms with Crippen LogP contribution in [0.3, 0.4) is 0 Å². The van der Waals surface area contributed by atoms with Crippen molar-refractivity contribution < 1.29 is 4.39 Å². The molecule has 1 aliphatic rings. The van der Waals surface area contributed by atoms with Crippen molar-refractivity contribution >= 4 is 0 Å². The Balaban J connectivity index is 2.25. The molecule has 2 nitrogen and oxygen atoms in total. The molecule has 1 aliphatic heterocycles. The van der Waals surface area contributed by atoms with Crippen LogP contribution < -0.4 is 11.1 Å². The Morgan fingerprint density at radius 2 is 2.40 bits per heavy atom. The third-order valence-electron chi connectivity index (χ3n) is 2.08. The van der Waals surface area contributed by atoms with E-state index in [2.05, 4.69) is 5.32 Å². The molecule has 60 valence electrons. The molecule has 0 saturated carbocycles. The third kappa shape index (κ3) is 1.92. The van der Waals surface area contributed by atoms with Gasteiger partial charge in [0.1, 0.15) is 6.17 Å². The first-order valence-electron chi connectivity index (χ1n) is 3.89. The van der Waals surface area contributed by atoms with E-state index in [-0.39, 0.29) is 5.92 Å². The number of piperidine rings is 1. The molecule has 2 atom stereocenters. The summed E-state index contributed by atoms with van der Waals surface area (Å²) in [5, 5.41) is 3.01. The van der Waals surface area contributed by atoms with Crippen LogP contribution >= 0.6 is 0 Å². The molecule has 3 N–H and O–H groups in total. The van der Waals surface area contributed by atoms with E-state index in [9.17, 15) is 4.39 Å². The van der Waals surface area contributed by atoms with Gasteiger partial charge in [0.05, 0.1) is 0 Å². The van der Waals surface area contributed by atoms with Crippen LogP contribution in [-0.2, 0) is 0 Å². The van der Waals surface area contributed by atoms with Crippen molar-refractivity contribution in [1.29, 1.82) is 0 Å². The Bertz CT molecular complexity index is 95.6. The number of rotatable bonds is 2. The second kappa shape index (κ2) is 3.88. The van der Waals surface area contributed by atoms with Gasteiger partial charge in [-0.2, -0.15) is 0 Å². The summed E-state index contributed by atoms with van der Waals surface area (Å²) in [6.45, 7) is 2.08. The molecule has 0 amide bonds. The van der Waals surface area contributed by atoms with Crippen molar-refractivity contribution in [3.8, 4) is 0 Å². The lowest BCUT2D eigenvalue weighted by Gasteiger charge is -2.25. The number of halogens is 1. The third-order valence-corrected chi connectivity index (χ3v) is 2.08. The summed E-state index contributed by atoms with van der Waals surface area (Å²) in [4.78, 5) is 0. The fraction of sp³-hybridized carbons (Fsp3) is 1.00. The van der Waals surface area contributed by atoms with Crippen molar-refractivity contribution in [2.45, 2.75) is 19.0 Å². The molecule has 3 heteroatoms. The largest absolute Gasteiger partial charge is 0.330 e. The number of hydrogen-bond donors (Lipinski definition) is 2. The highest BCUT2D eigenvalue weighted by Gasteiger charge is 2.22. The van der Waals surface area contributed by atoms with Crippen LogP contribution in [0.25, 0.3) is 0 Å². The van der Waals surface area contributed by atoms with Crippen LogP contribution in [0.5, 0.6) is 0 Å². The standard InChI is InChI=1S/C7H15FN2/c8-7-5-10-4-2-6(7)1-3-9/h6-7,10H,1-5,9H2. The van der Waals surface area contributed by atoms with Crippen LogP contribution in [0.4, 0.5) is 4.39 Å². The Kier molecular flexibility index (Phi) is 3.09. The molecule has 0 radical (unpaired) electrons. The first-order chi connectivity index (χ1) is 4.84. The van der Waals surface area contributed by atoms with Crippen LogP contribution in [0.1, 0.15) is 12.8 Å². The van der Waals surface area contributed by atoms with Crippen molar-refractivity contribution in [2.24, 2.45) is 11.7 Å². The second-order valence-corrected chi connectivity index (χ2v) is 2.85. The van der Waals surface area contributed by atoms with Gasteiger partial charge in [-0.1, -0.05) is 0 Å². The topological polar surface area (TPSA) is 38.0 Å². The fourth-order valence-electron chi connectivity index (χ4n) is 1.41. The molecule has 0 aliphatic carbocycles. The lowest BCUT2D eigenvalue weighted by atomic mass is 9.93. The van der Waals surface area contributed by atoms with Gasteiger partial charge >= 0.3 is 0 Å². The molecule has 10 heavy (non-hydrogen) atoms. The molecule has 0 spiro atoms. The predicted octanol–water partition coefficient (Wildman–Crippen LogP) is 0.283. The maximum Gasteiger partial charge on any atom is 0.115 e. The van der Waals surface area contributed by atoms with Crippen molar-refractivity contribution in [3.63, 3.8) is 0 Å². The van der Waals surface area contributed by atoms with Crippen LogP contribution in [0.15, 0.2) is 0 Å². The molecule has 1 rings (SSSR count). The lowest BCUT2D eigenvalue weighted by Crippen LogP contribution is -2.38. The molecule has 0 aromatic carbocycles. The average Bonchev–Trinajstić information content (AvgIpc) is 1.94. The molecule has 0 aromatic heterocycles. The van der Waals surface area contributed by atoms with E-state index in [1.807, 2.05) is 0 Å². The maximum absolute atomic E-state index is 12.9. The molecule has 1 saturated heterocycles. The maximum atomic E-state index is 12.9. The summed E-state index contributed by atoms with van der Waals surface area (Å²) in [6, 6.07) is 0. The van der Waals surface area contributed by atoms with E-state index in [0.717, 1.165) is 19.4 Å². The first-order valence-corrected chi connectivity index (χ1v) is 3.89. The van der Waals surface area contributed by atoms with Gasteiger partial charge in [0, 0.05) is 6.54 Å². The van der Waals surface area contributed by atoms with E-state index < -0.39 is 6.17 Å². The van der Waals surface area contributed by atoms with Gasteiger partial charge in [-0.15, -0.1) is 0 Å². The summed E-state index contributed by atoms with van der Waals surface area (Å²) < 4.78 is 12.9. The lowest BCUT2D eigenvalue weighted by molar-refractivity contribution is 0.173. The van der Waals surface area contributed by atoms with Gasteiger partial charge in [-0.05, 0) is 31.8 Å². The summed E-state index contributed by atoms with van der Waals surface area (Å²) in [6.07, 6.45) is 1.11. The Hall–Kier alpha value is -0.150. The normalized spacial score (nSPS) is 34.2. The van der Waals surface area contributed by atoms with E-state index in [4.69, 9.17) is 5.73 Å². The Morgan fingerprint density at radius 1 is 1.60 bits per heavy atom. The zero-order valence-electron chi connectivity index (χ0n) is 6.15. The van der Waals surface area contributed by atoms with Crippen molar-refractivity contribution in [1.82, 2.24) is 5.32 Å². The summed E-state index contributed by atoms with van der Waals surface area (Å²) >= 11 is 0. The number of alkyl halides is 1. The first kappa shape index (κ1) is 7.95. The summed E-state index contributed by atoms with van der Waals surface area (Å²) in [5.41, 5.74) is 5.33. The molecule has 1 heterocycles. The zero-order valence-corrected chi connectivity index (χ0v) is 6.15. The minimum atomic E-state index is -0.669. The van der Waals surface area contributed by atoms with Crippen LogP contribution in [-0.4, -0.2) is 25.8 Å². The van der Waals surface area contributed by atoms with Crippen molar-refractivity contribution in [2.75, 3.05) is 19.6 Å². The fourth-order valence-corrected chi connectivity index (χ4v) is 1.41. The average molecular weight is 146 g/mol. The number of hydrogen-bond acceptors (Lipinski definition) is 2. The van der Waals surface area contributed by atoms with Gasteiger partial charge in [0.2, 0.25) is 0 Å². The van der Waals surface area contributed by atoms with Crippen molar-refractivity contribution in [3.05, 3.63) is 0 Å². The van der Waals surface area contributed by atoms with Crippen LogP contribution in [0.2, 0.25) is 0 Å².